The van der Waals surface area contributed by atoms with E-state index in [9.17, 15) is 20.2 Å². The van der Waals surface area contributed by atoms with E-state index in [-0.39, 0.29) is 17.1 Å². The maximum Gasteiger partial charge on any atom is 0.301 e. The van der Waals surface area contributed by atoms with Crippen LogP contribution in [0.15, 0.2) is 24.4 Å². The van der Waals surface area contributed by atoms with E-state index in [1.165, 1.54) is 16.8 Å². The van der Waals surface area contributed by atoms with E-state index in [1.54, 1.807) is 6.20 Å². The number of fused-ring (bicyclic) bond motifs is 1. The lowest BCUT2D eigenvalue weighted by molar-refractivity contribution is -0.394. The van der Waals surface area contributed by atoms with Crippen molar-refractivity contribution >= 4 is 11.4 Å². The van der Waals surface area contributed by atoms with E-state index in [1.807, 2.05) is 0 Å². The molecule has 0 fully saturated rings. The number of hydrogen-bond acceptors (Lipinski definition) is 5. The molecule has 8 nitrogen and oxygen atoms in total. The SMILES string of the molecule is O=[N+]([O-])c1ccc(-n2cc3c(n2)CCCC3)c([N+](=O)[O-])c1. The Morgan fingerprint density at radius 2 is 1.86 bits per heavy atom. The largest absolute Gasteiger partial charge is 0.301 e. The predicted molar refractivity (Wildman–Crippen MR) is 73.5 cm³/mol. The third kappa shape index (κ3) is 2.35. The van der Waals surface area contributed by atoms with Crippen molar-refractivity contribution in [2.45, 2.75) is 25.7 Å². The number of hydrogen-bond donors (Lipinski definition) is 0. The van der Waals surface area contributed by atoms with Crippen LogP contribution in [0.4, 0.5) is 11.4 Å². The van der Waals surface area contributed by atoms with Crippen LogP contribution in [-0.4, -0.2) is 19.6 Å². The molecule has 1 aromatic carbocycles. The van der Waals surface area contributed by atoms with Crippen LogP contribution in [0.1, 0.15) is 24.1 Å². The smallest absolute Gasteiger partial charge is 0.258 e. The van der Waals surface area contributed by atoms with Gasteiger partial charge in [-0.05, 0) is 37.3 Å². The molecule has 0 saturated carbocycles. The minimum absolute atomic E-state index is 0.250. The summed E-state index contributed by atoms with van der Waals surface area (Å²) in [7, 11) is 0. The van der Waals surface area contributed by atoms with Crippen molar-refractivity contribution in [3.63, 3.8) is 0 Å². The zero-order valence-electron chi connectivity index (χ0n) is 11.1. The fourth-order valence-electron chi connectivity index (χ4n) is 2.56. The second-order valence-electron chi connectivity index (χ2n) is 4.94. The Labute approximate surface area is 119 Å². The molecule has 0 radical (unpaired) electrons. The summed E-state index contributed by atoms with van der Waals surface area (Å²) in [6.07, 6.45) is 5.70. The average molecular weight is 288 g/mol. The number of nitro benzene ring substituents is 2. The normalized spacial score (nSPS) is 13.7. The molecule has 3 rings (SSSR count). The number of nitro groups is 2. The Kier molecular flexibility index (Phi) is 3.13. The van der Waals surface area contributed by atoms with Gasteiger partial charge in [0.2, 0.25) is 0 Å². The number of aryl methyl sites for hydroxylation is 2. The third-order valence-electron chi connectivity index (χ3n) is 3.60. The summed E-state index contributed by atoms with van der Waals surface area (Å²) >= 11 is 0. The highest BCUT2D eigenvalue weighted by Crippen LogP contribution is 2.29. The Balaban J connectivity index is 2.11. The van der Waals surface area contributed by atoms with Crippen LogP contribution in [0.3, 0.4) is 0 Å². The van der Waals surface area contributed by atoms with E-state index >= 15 is 0 Å². The van der Waals surface area contributed by atoms with Crippen LogP contribution >= 0.6 is 0 Å². The average Bonchev–Trinajstić information content (AvgIpc) is 2.90. The molecule has 8 heteroatoms. The Hall–Kier alpha value is -2.77. The molecule has 1 aromatic heterocycles. The number of rotatable bonds is 3. The Morgan fingerprint density at radius 3 is 2.52 bits per heavy atom. The molecule has 0 amide bonds. The molecule has 0 saturated heterocycles. The number of benzene rings is 1. The van der Waals surface area contributed by atoms with Gasteiger partial charge in [-0.1, -0.05) is 0 Å². The molecule has 1 aliphatic carbocycles. The summed E-state index contributed by atoms with van der Waals surface area (Å²) < 4.78 is 1.46. The Morgan fingerprint density at radius 1 is 1.10 bits per heavy atom. The van der Waals surface area contributed by atoms with Crippen LogP contribution in [0.25, 0.3) is 5.69 Å². The standard InChI is InChI=1S/C13H12N4O4/c18-16(19)10-5-6-12(13(7-10)17(20)21)15-8-9-3-1-2-4-11(9)14-15/h5-8H,1-4H2. The molecule has 108 valence electrons. The molecule has 0 unspecified atom stereocenters. The van der Waals surface area contributed by atoms with Crippen molar-refractivity contribution in [2.24, 2.45) is 0 Å². The van der Waals surface area contributed by atoms with Gasteiger partial charge in [0.25, 0.3) is 5.69 Å². The zero-order valence-corrected chi connectivity index (χ0v) is 11.1. The van der Waals surface area contributed by atoms with Gasteiger partial charge in [0, 0.05) is 12.3 Å². The fourth-order valence-corrected chi connectivity index (χ4v) is 2.56. The molecule has 2 aromatic rings. The summed E-state index contributed by atoms with van der Waals surface area (Å²) in [6, 6.07) is 3.59. The number of nitrogens with zero attached hydrogens (tertiary/aromatic N) is 4. The zero-order chi connectivity index (χ0) is 15.0. The maximum atomic E-state index is 11.2. The highest BCUT2D eigenvalue weighted by Gasteiger charge is 2.23. The molecule has 1 aliphatic rings. The fraction of sp³-hybridized carbons (Fsp3) is 0.308. The highest BCUT2D eigenvalue weighted by molar-refractivity contribution is 5.57. The minimum atomic E-state index is -0.648. The van der Waals surface area contributed by atoms with Crippen molar-refractivity contribution in [2.75, 3.05) is 0 Å². The van der Waals surface area contributed by atoms with E-state index in [4.69, 9.17) is 0 Å². The lowest BCUT2D eigenvalue weighted by Crippen LogP contribution is -2.03. The van der Waals surface area contributed by atoms with Crippen LogP contribution in [0.5, 0.6) is 0 Å². The summed E-state index contributed by atoms with van der Waals surface area (Å²) in [5.74, 6) is 0. The summed E-state index contributed by atoms with van der Waals surface area (Å²) in [6.45, 7) is 0. The van der Waals surface area contributed by atoms with Crippen molar-refractivity contribution < 1.29 is 9.85 Å². The molecule has 0 spiro atoms. The summed E-state index contributed by atoms with van der Waals surface area (Å²) in [5, 5.41) is 26.3. The number of aromatic nitrogens is 2. The lowest BCUT2D eigenvalue weighted by atomic mass is 9.99. The van der Waals surface area contributed by atoms with Crippen molar-refractivity contribution in [1.29, 1.82) is 0 Å². The van der Waals surface area contributed by atoms with Gasteiger partial charge in [-0.15, -0.1) is 0 Å². The first-order valence-electron chi connectivity index (χ1n) is 6.57. The first-order chi connectivity index (χ1) is 10.1. The van der Waals surface area contributed by atoms with Gasteiger partial charge in [-0.25, -0.2) is 4.68 Å². The van der Waals surface area contributed by atoms with E-state index in [0.29, 0.717) is 0 Å². The van der Waals surface area contributed by atoms with Gasteiger partial charge >= 0.3 is 5.69 Å². The maximum absolute atomic E-state index is 11.2. The van der Waals surface area contributed by atoms with Gasteiger partial charge in [0.15, 0.2) is 0 Å². The molecular weight excluding hydrogens is 276 g/mol. The van der Waals surface area contributed by atoms with Crippen LogP contribution in [0.2, 0.25) is 0 Å². The van der Waals surface area contributed by atoms with E-state index in [0.717, 1.165) is 43.0 Å². The lowest BCUT2D eigenvalue weighted by Gasteiger charge is -2.06. The van der Waals surface area contributed by atoms with Crippen molar-refractivity contribution in [1.82, 2.24) is 9.78 Å². The van der Waals surface area contributed by atoms with Gasteiger partial charge in [0.05, 0.1) is 21.6 Å². The van der Waals surface area contributed by atoms with Gasteiger partial charge in [-0.3, -0.25) is 20.2 Å². The predicted octanol–water partition coefficient (Wildman–Crippen LogP) is 2.57. The van der Waals surface area contributed by atoms with Crippen molar-refractivity contribution in [3.8, 4) is 5.69 Å². The van der Waals surface area contributed by atoms with E-state index < -0.39 is 9.85 Å². The van der Waals surface area contributed by atoms with Gasteiger partial charge in [0.1, 0.15) is 5.69 Å². The number of non-ortho nitro benzene ring substituents is 1. The molecule has 0 bridgehead atoms. The van der Waals surface area contributed by atoms with Crippen LogP contribution in [0, 0.1) is 20.2 Å². The summed E-state index contributed by atoms with van der Waals surface area (Å²) in [5.41, 5.74) is 1.68. The molecular formula is C13H12N4O4. The van der Waals surface area contributed by atoms with Crippen molar-refractivity contribution in [3.05, 3.63) is 55.9 Å². The van der Waals surface area contributed by atoms with Gasteiger partial charge < -0.3 is 0 Å². The van der Waals surface area contributed by atoms with Gasteiger partial charge in [-0.2, -0.15) is 5.10 Å². The molecule has 21 heavy (non-hydrogen) atoms. The molecule has 0 aliphatic heterocycles. The second kappa shape index (κ2) is 4.97. The molecule has 0 N–H and O–H groups in total. The highest BCUT2D eigenvalue weighted by atomic mass is 16.6. The Bertz CT molecular complexity index is 714. The minimum Gasteiger partial charge on any atom is -0.258 e. The van der Waals surface area contributed by atoms with Crippen LogP contribution in [-0.2, 0) is 12.8 Å². The molecule has 0 atom stereocenters. The first kappa shape index (κ1) is 13.2. The monoisotopic (exact) mass is 288 g/mol. The summed E-state index contributed by atoms with van der Waals surface area (Å²) in [4.78, 5) is 20.6. The third-order valence-corrected chi connectivity index (χ3v) is 3.60. The topological polar surface area (TPSA) is 104 Å². The first-order valence-corrected chi connectivity index (χ1v) is 6.57. The van der Waals surface area contributed by atoms with Crippen LogP contribution < -0.4 is 0 Å². The molecule has 1 heterocycles. The quantitative estimate of drug-likeness (QED) is 0.637. The van der Waals surface area contributed by atoms with E-state index in [2.05, 4.69) is 5.10 Å². The second-order valence-corrected chi connectivity index (χ2v) is 4.94.